The van der Waals surface area contributed by atoms with Gasteiger partial charge in [-0.2, -0.15) is 0 Å². The van der Waals surface area contributed by atoms with Gasteiger partial charge in [0.05, 0.1) is 19.3 Å². The normalized spacial score (nSPS) is 12.1. The van der Waals surface area contributed by atoms with E-state index < -0.39 is 0 Å². The van der Waals surface area contributed by atoms with Crippen LogP contribution in [0.2, 0.25) is 0 Å². The highest BCUT2D eigenvalue weighted by Gasteiger charge is 2.12. The molecule has 6 heteroatoms. The second-order valence-electron chi connectivity index (χ2n) is 6.30. The van der Waals surface area contributed by atoms with E-state index in [1.807, 2.05) is 18.2 Å². The third-order valence-corrected chi connectivity index (χ3v) is 3.86. The smallest absolute Gasteiger partial charge is 0.213 e. The molecule has 1 aromatic rings. The van der Waals surface area contributed by atoms with Gasteiger partial charge in [-0.05, 0) is 40.2 Å². The molecule has 6 nitrogen and oxygen atoms in total. The second kappa shape index (κ2) is 10.9. The van der Waals surface area contributed by atoms with E-state index in [9.17, 15) is 0 Å². The number of guanidine groups is 1. The monoisotopic (exact) mass is 335 g/mol. The number of aromatic nitrogens is 1. The van der Waals surface area contributed by atoms with Crippen molar-refractivity contribution in [1.82, 2.24) is 20.5 Å². The Morgan fingerprint density at radius 3 is 2.50 bits per heavy atom. The van der Waals surface area contributed by atoms with Crippen LogP contribution in [0.25, 0.3) is 0 Å². The topological polar surface area (TPSA) is 61.8 Å². The van der Waals surface area contributed by atoms with Crippen LogP contribution in [0.15, 0.2) is 23.2 Å². The van der Waals surface area contributed by atoms with E-state index in [1.165, 1.54) is 0 Å². The molecule has 0 spiro atoms. The van der Waals surface area contributed by atoms with E-state index in [0.29, 0.717) is 24.5 Å². The molecule has 0 aliphatic rings. The molecule has 0 saturated carbocycles. The van der Waals surface area contributed by atoms with Crippen LogP contribution < -0.4 is 15.4 Å². The van der Waals surface area contributed by atoms with Gasteiger partial charge in [0.25, 0.3) is 0 Å². The van der Waals surface area contributed by atoms with Crippen molar-refractivity contribution in [2.75, 3.05) is 27.2 Å². The van der Waals surface area contributed by atoms with Crippen molar-refractivity contribution in [3.8, 4) is 5.88 Å². The maximum absolute atomic E-state index is 5.14. The minimum absolute atomic E-state index is 0.571. The molecular weight excluding hydrogens is 302 g/mol. The highest BCUT2D eigenvalue weighted by molar-refractivity contribution is 5.79. The first-order valence-corrected chi connectivity index (χ1v) is 8.68. The predicted molar refractivity (Wildman–Crippen MR) is 101 cm³/mol. The Morgan fingerprint density at radius 2 is 1.92 bits per heavy atom. The van der Waals surface area contributed by atoms with Crippen molar-refractivity contribution in [2.24, 2.45) is 4.99 Å². The molecule has 0 atom stereocenters. The Bertz CT molecular complexity index is 494. The summed E-state index contributed by atoms with van der Waals surface area (Å²) in [4.78, 5) is 11.1. The molecule has 0 bridgehead atoms. The highest BCUT2D eigenvalue weighted by Crippen LogP contribution is 2.06. The van der Waals surface area contributed by atoms with Gasteiger partial charge in [-0.3, -0.25) is 9.89 Å². The molecule has 2 N–H and O–H groups in total. The zero-order valence-corrected chi connectivity index (χ0v) is 16.0. The van der Waals surface area contributed by atoms with Gasteiger partial charge in [0.1, 0.15) is 0 Å². The molecule has 0 unspecified atom stereocenters. The van der Waals surface area contributed by atoms with Crippen molar-refractivity contribution in [1.29, 1.82) is 0 Å². The van der Waals surface area contributed by atoms with E-state index in [4.69, 9.17) is 4.74 Å². The SMILES string of the molecule is CN=C(NCCCN(C(C)C)C(C)C)NCc1cccc(OC)n1. The van der Waals surface area contributed by atoms with Crippen LogP contribution in [-0.2, 0) is 6.54 Å². The van der Waals surface area contributed by atoms with Gasteiger partial charge in [0, 0.05) is 38.3 Å². The van der Waals surface area contributed by atoms with Crippen LogP contribution in [0.1, 0.15) is 39.8 Å². The van der Waals surface area contributed by atoms with Gasteiger partial charge < -0.3 is 15.4 Å². The standard InChI is InChI=1S/C18H33N5O/c1-14(2)23(15(3)4)12-8-11-20-18(19-5)21-13-16-9-7-10-17(22-16)24-6/h7,9-10,14-15H,8,11-13H2,1-6H3,(H2,19,20,21). The number of aliphatic imine (C=N–C) groups is 1. The van der Waals surface area contributed by atoms with Crippen molar-refractivity contribution in [2.45, 2.75) is 52.7 Å². The number of ether oxygens (including phenoxy) is 1. The summed E-state index contributed by atoms with van der Waals surface area (Å²) in [6, 6.07) is 6.88. The van der Waals surface area contributed by atoms with Gasteiger partial charge in [-0.25, -0.2) is 4.98 Å². The van der Waals surface area contributed by atoms with E-state index in [2.05, 4.69) is 53.2 Å². The Kier molecular flexibility index (Phi) is 9.15. The summed E-state index contributed by atoms with van der Waals surface area (Å²) in [7, 11) is 3.40. The minimum atomic E-state index is 0.571. The lowest BCUT2D eigenvalue weighted by molar-refractivity contribution is 0.173. The zero-order valence-electron chi connectivity index (χ0n) is 16.0. The van der Waals surface area contributed by atoms with Gasteiger partial charge in [0.2, 0.25) is 5.88 Å². The molecule has 1 rings (SSSR count). The Balaban J connectivity index is 2.35. The molecule has 0 aliphatic carbocycles. The maximum atomic E-state index is 5.14. The first-order valence-electron chi connectivity index (χ1n) is 8.68. The number of methoxy groups -OCH3 is 1. The summed E-state index contributed by atoms with van der Waals surface area (Å²) in [5, 5.41) is 6.63. The lowest BCUT2D eigenvalue weighted by atomic mass is 10.2. The van der Waals surface area contributed by atoms with Crippen molar-refractivity contribution in [3.63, 3.8) is 0 Å². The predicted octanol–water partition coefficient (Wildman–Crippen LogP) is 2.26. The molecule has 1 aromatic heterocycles. The van der Waals surface area contributed by atoms with Gasteiger partial charge in [0.15, 0.2) is 5.96 Å². The molecular formula is C18H33N5O. The summed E-state index contributed by atoms with van der Waals surface area (Å²) in [5.41, 5.74) is 0.920. The van der Waals surface area contributed by atoms with E-state index in [-0.39, 0.29) is 0 Å². The van der Waals surface area contributed by atoms with E-state index in [0.717, 1.165) is 31.2 Å². The third-order valence-electron chi connectivity index (χ3n) is 3.86. The molecule has 1 heterocycles. The number of nitrogens with zero attached hydrogens (tertiary/aromatic N) is 3. The first kappa shape index (κ1) is 20.2. The number of rotatable bonds is 9. The molecule has 0 saturated heterocycles. The average molecular weight is 335 g/mol. The van der Waals surface area contributed by atoms with Crippen LogP contribution in [0.4, 0.5) is 0 Å². The molecule has 0 aromatic carbocycles. The molecule has 0 amide bonds. The average Bonchev–Trinajstić information content (AvgIpc) is 2.56. The van der Waals surface area contributed by atoms with Crippen LogP contribution in [0.5, 0.6) is 5.88 Å². The fourth-order valence-corrected chi connectivity index (χ4v) is 2.65. The lowest BCUT2D eigenvalue weighted by Crippen LogP contribution is -2.41. The Labute approximate surface area is 146 Å². The maximum Gasteiger partial charge on any atom is 0.213 e. The van der Waals surface area contributed by atoms with Gasteiger partial charge in [-0.1, -0.05) is 6.07 Å². The molecule has 0 radical (unpaired) electrons. The summed E-state index contributed by atoms with van der Waals surface area (Å²) < 4.78 is 5.14. The number of hydrogen-bond acceptors (Lipinski definition) is 4. The first-order chi connectivity index (χ1) is 11.5. The summed E-state index contributed by atoms with van der Waals surface area (Å²) in [6.45, 7) is 11.6. The molecule has 0 aliphatic heterocycles. The fraction of sp³-hybridized carbons (Fsp3) is 0.667. The Hall–Kier alpha value is -1.82. The van der Waals surface area contributed by atoms with E-state index >= 15 is 0 Å². The summed E-state index contributed by atoms with van der Waals surface area (Å²) in [5.74, 6) is 1.42. The zero-order chi connectivity index (χ0) is 17.9. The van der Waals surface area contributed by atoms with Gasteiger partial charge in [-0.15, -0.1) is 0 Å². The van der Waals surface area contributed by atoms with Crippen molar-refractivity contribution >= 4 is 5.96 Å². The quantitative estimate of drug-likeness (QED) is 0.412. The van der Waals surface area contributed by atoms with Crippen molar-refractivity contribution in [3.05, 3.63) is 23.9 Å². The lowest BCUT2D eigenvalue weighted by Gasteiger charge is -2.30. The van der Waals surface area contributed by atoms with Crippen LogP contribution in [0.3, 0.4) is 0 Å². The largest absolute Gasteiger partial charge is 0.481 e. The number of nitrogens with one attached hydrogen (secondary N) is 2. The molecule has 24 heavy (non-hydrogen) atoms. The summed E-state index contributed by atoms with van der Waals surface area (Å²) in [6.07, 6.45) is 1.08. The van der Waals surface area contributed by atoms with Crippen LogP contribution in [0, 0.1) is 0 Å². The highest BCUT2D eigenvalue weighted by atomic mass is 16.5. The third kappa shape index (κ3) is 7.17. The summed E-state index contributed by atoms with van der Waals surface area (Å²) >= 11 is 0. The van der Waals surface area contributed by atoms with Crippen molar-refractivity contribution < 1.29 is 4.74 Å². The van der Waals surface area contributed by atoms with Gasteiger partial charge >= 0.3 is 0 Å². The fourth-order valence-electron chi connectivity index (χ4n) is 2.65. The number of pyridine rings is 1. The Morgan fingerprint density at radius 1 is 1.21 bits per heavy atom. The second-order valence-corrected chi connectivity index (χ2v) is 6.30. The number of hydrogen-bond donors (Lipinski definition) is 2. The minimum Gasteiger partial charge on any atom is -0.481 e. The van der Waals surface area contributed by atoms with Crippen LogP contribution in [-0.4, -0.2) is 55.2 Å². The van der Waals surface area contributed by atoms with E-state index in [1.54, 1.807) is 14.2 Å². The van der Waals surface area contributed by atoms with Crippen LogP contribution >= 0.6 is 0 Å². The molecule has 0 fully saturated rings. The molecule has 136 valence electrons.